The Balaban J connectivity index is 2.75. The number of hydrogen-bond acceptors (Lipinski definition) is 4. The van der Waals surface area contributed by atoms with Crippen molar-refractivity contribution in [3.8, 4) is 11.8 Å². The number of nitriles is 1. The molecule has 1 aromatic rings. The SMILES string of the molecule is COc1cc(C#N)ccc1NCCCN. The van der Waals surface area contributed by atoms with Crippen molar-refractivity contribution in [2.45, 2.75) is 6.42 Å². The molecule has 0 spiro atoms. The molecule has 4 nitrogen and oxygen atoms in total. The Morgan fingerprint density at radius 1 is 1.53 bits per heavy atom. The zero-order valence-corrected chi connectivity index (χ0v) is 8.79. The van der Waals surface area contributed by atoms with Crippen molar-refractivity contribution in [3.05, 3.63) is 23.8 Å². The van der Waals surface area contributed by atoms with Gasteiger partial charge in [0, 0.05) is 12.6 Å². The number of rotatable bonds is 5. The van der Waals surface area contributed by atoms with Gasteiger partial charge in [0.2, 0.25) is 0 Å². The first-order valence-corrected chi connectivity index (χ1v) is 4.84. The summed E-state index contributed by atoms with van der Waals surface area (Å²) in [5.41, 5.74) is 6.88. The second-order valence-electron chi connectivity index (χ2n) is 3.10. The fraction of sp³-hybridized carbons (Fsp3) is 0.364. The van der Waals surface area contributed by atoms with Gasteiger partial charge in [-0.05, 0) is 25.1 Å². The van der Waals surface area contributed by atoms with E-state index in [1.807, 2.05) is 6.07 Å². The monoisotopic (exact) mass is 205 g/mol. The van der Waals surface area contributed by atoms with E-state index in [2.05, 4.69) is 11.4 Å². The van der Waals surface area contributed by atoms with Gasteiger partial charge in [0.15, 0.2) is 0 Å². The van der Waals surface area contributed by atoms with Crippen molar-refractivity contribution < 1.29 is 4.74 Å². The lowest BCUT2D eigenvalue weighted by molar-refractivity contribution is 0.416. The van der Waals surface area contributed by atoms with Gasteiger partial charge in [-0.2, -0.15) is 5.26 Å². The lowest BCUT2D eigenvalue weighted by atomic mass is 10.2. The molecule has 0 radical (unpaired) electrons. The topological polar surface area (TPSA) is 71.1 Å². The lowest BCUT2D eigenvalue weighted by Gasteiger charge is -2.10. The van der Waals surface area contributed by atoms with Crippen LogP contribution in [-0.2, 0) is 0 Å². The van der Waals surface area contributed by atoms with Crippen molar-refractivity contribution in [1.29, 1.82) is 5.26 Å². The molecule has 1 rings (SSSR count). The fourth-order valence-electron chi connectivity index (χ4n) is 1.23. The van der Waals surface area contributed by atoms with E-state index in [1.54, 1.807) is 19.2 Å². The van der Waals surface area contributed by atoms with Gasteiger partial charge in [-0.25, -0.2) is 0 Å². The first-order valence-electron chi connectivity index (χ1n) is 4.84. The number of nitrogens with zero attached hydrogens (tertiary/aromatic N) is 1. The van der Waals surface area contributed by atoms with E-state index in [0.29, 0.717) is 17.9 Å². The second kappa shape index (κ2) is 5.89. The molecule has 0 atom stereocenters. The zero-order chi connectivity index (χ0) is 11.1. The van der Waals surface area contributed by atoms with Crippen molar-refractivity contribution in [2.75, 3.05) is 25.5 Å². The van der Waals surface area contributed by atoms with Gasteiger partial charge in [0.05, 0.1) is 24.4 Å². The van der Waals surface area contributed by atoms with Crippen LogP contribution in [0, 0.1) is 11.3 Å². The summed E-state index contributed by atoms with van der Waals surface area (Å²) in [7, 11) is 1.59. The molecular formula is C11H15N3O. The molecule has 0 bridgehead atoms. The quantitative estimate of drug-likeness (QED) is 0.711. The number of benzene rings is 1. The van der Waals surface area contributed by atoms with Crippen molar-refractivity contribution in [2.24, 2.45) is 5.73 Å². The van der Waals surface area contributed by atoms with Crippen LogP contribution in [0.25, 0.3) is 0 Å². The molecule has 1 aromatic carbocycles. The summed E-state index contributed by atoms with van der Waals surface area (Å²) in [5, 5.41) is 11.9. The number of ether oxygens (including phenoxy) is 1. The Labute approximate surface area is 89.7 Å². The smallest absolute Gasteiger partial charge is 0.143 e. The molecular weight excluding hydrogens is 190 g/mol. The molecule has 0 aliphatic rings. The highest BCUT2D eigenvalue weighted by molar-refractivity contribution is 5.59. The lowest BCUT2D eigenvalue weighted by Crippen LogP contribution is -2.09. The van der Waals surface area contributed by atoms with Crippen LogP contribution in [0.15, 0.2) is 18.2 Å². The minimum Gasteiger partial charge on any atom is -0.495 e. The van der Waals surface area contributed by atoms with Crippen molar-refractivity contribution in [3.63, 3.8) is 0 Å². The highest BCUT2D eigenvalue weighted by Gasteiger charge is 2.02. The predicted octanol–water partition coefficient (Wildman–Crippen LogP) is 1.33. The highest BCUT2D eigenvalue weighted by atomic mass is 16.5. The summed E-state index contributed by atoms with van der Waals surface area (Å²) in [6, 6.07) is 7.38. The summed E-state index contributed by atoms with van der Waals surface area (Å²) in [5.74, 6) is 0.686. The van der Waals surface area contributed by atoms with Crippen molar-refractivity contribution in [1.82, 2.24) is 0 Å². The van der Waals surface area contributed by atoms with Gasteiger partial charge in [0.1, 0.15) is 5.75 Å². The van der Waals surface area contributed by atoms with Gasteiger partial charge < -0.3 is 15.8 Å². The maximum absolute atomic E-state index is 8.72. The maximum atomic E-state index is 8.72. The third-order valence-corrected chi connectivity index (χ3v) is 2.03. The Bertz CT molecular complexity index is 357. The predicted molar refractivity (Wildman–Crippen MR) is 59.9 cm³/mol. The minimum atomic E-state index is 0.594. The second-order valence-corrected chi connectivity index (χ2v) is 3.10. The molecule has 3 N–H and O–H groups in total. The van der Waals surface area contributed by atoms with Crippen LogP contribution in [-0.4, -0.2) is 20.2 Å². The summed E-state index contributed by atoms with van der Waals surface area (Å²) in [4.78, 5) is 0. The van der Waals surface area contributed by atoms with Crippen LogP contribution < -0.4 is 15.8 Å². The van der Waals surface area contributed by atoms with Crippen molar-refractivity contribution >= 4 is 5.69 Å². The average Bonchev–Trinajstić information content (AvgIpc) is 2.29. The van der Waals surface area contributed by atoms with Crippen LogP contribution in [0.2, 0.25) is 0 Å². The molecule has 4 heteroatoms. The zero-order valence-electron chi connectivity index (χ0n) is 8.79. The van der Waals surface area contributed by atoms with Gasteiger partial charge in [-0.1, -0.05) is 0 Å². The summed E-state index contributed by atoms with van der Waals surface area (Å²) >= 11 is 0. The van der Waals surface area contributed by atoms with Crippen LogP contribution >= 0.6 is 0 Å². The van der Waals surface area contributed by atoms with Gasteiger partial charge in [-0.15, -0.1) is 0 Å². The Hall–Kier alpha value is -1.73. The summed E-state index contributed by atoms with van der Waals surface area (Å²) in [6.07, 6.45) is 0.906. The molecule has 0 aliphatic heterocycles. The minimum absolute atomic E-state index is 0.594. The van der Waals surface area contributed by atoms with E-state index in [-0.39, 0.29) is 0 Å². The van der Waals surface area contributed by atoms with E-state index in [1.165, 1.54) is 0 Å². The molecule has 0 heterocycles. The van der Waals surface area contributed by atoms with Crippen LogP contribution in [0.1, 0.15) is 12.0 Å². The van der Waals surface area contributed by atoms with E-state index in [4.69, 9.17) is 15.7 Å². The first-order chi connectivity index (χ1) is 7.31. The van der Waals surface area contributed by atoms with Gasteiger partial charge >= 0.3 is 0 Å². The van der Waals surface area contributed by atoms with Gasteiger partial charge in [-0.3, -0.25) is 0 Å². The number of anilines is 1. The third kappa shape index (κ3) is 3.15. The number of nitrogens with two attached hydrogens (primary N) is 1. The standard InChI is InChI=1S/C11H15N3O/c1-15-11-7-9(8-13)3-4-10(11)14-6-2-5-12/h3-4,7,14H,2,5-6,12H2,1H3. The molecule has 0 unspecified atom stereocenters. The Kier molecular flexibility index (Phi) is 4.45. The third-order valence-electron chi connectivity index (χ3n) is 2.03. The Morgan fingerprint density at radius 2 is 2.33 bits per heavy atom. The van der Waals surface area contributed by atoms with Crippen LogP contribution in [0.3, 0.4) is 0 Å². The van der Waals surface area contributed by atoms with Gasteiger partial charge in [0.25, 0.3) is 0 Å². The molecule has 15 heavy (non-hydrogen) atoms. The molecule has 0 aromatic heterocycles. The van der Waals surface area contributed by atoms with Crippen LogP contribution in [0.5, 0.6) is 5.75 Å². The number of nitrogens with one attached hydrogen (secondary N) is 1. The van der Waals surface area contributed by atoms with E-state index in [9.17, 15) is 0 Å². The first kappa shape index (κ1) is 11.3. The molecule has 0 aliphatic carbocycles. The summed E-state index contributed by atoms with van der Waals surface area (Å²) < 4.78 is 5.17. The number of hydrogen-bond donors (Lipinski definition) is 2. The maximum Gasteiger partial charge on any atom is 0.143 e. The largest absolute Gasteiger partial charge is 0.495 e. The number of methoxy groups -OCH3 is 1. The molecule has 80 valence electrons. The fourth-order valence-corrected chi connectivity index (χ4v) is 1.23. The van der Waals surface area contributed by atoms with E-state index in [0.717, 1.165) is 18.7 Å². The normalized spacial score (nSPS) is 9.40. The highest BCUT2D eigenvalue weighted by Crippen LogP contribution is 2.24. The molecule has 0 fully saturated rings. The molecule has 0 amide bonds. The molecule has 0 saturated heterocycles. The van der Waals surface area contributed by atoms with Crippen LogP contribution in [0.4, 0.5) is 5.69 Å². The summed E-state index contributed by atoms with van der Waals surface area (Å²) in [6.45, 7) is 1.46. The molecule has 0 saturated carbocycles. The Morgan fingerprint density at radius 3 is 2.93 bits per heavy atom. The average molecular weight is 205 g/mol. The van der Waals surface area contributed by atoms with E-state index >= 15 is 0 Å². The van der Waals surface area contributed by atoms with E-state index < -0.39 is 0 Å².